The summed E-state index contributed by atoms with van der Waals surface area (Å²) in [4.78, 5) is 0. The smallest absolute Gasteiger partial charge is 0.211 e. The van der Waals surface area contributed by atoms with Crippen LogP contribution in [0.3, 0.4) is 0 Å². The fourth-order valence-electron chi connectivity index (χ4n) is 2.17. The van der Waals surface area contributed by atoms with Gasteiger partial charge in [0.2, 0.25) is 10.0 Å². The molecular weight excluding hydrogens is 260 g/mol. The summed E-state index contributed by atoms with van der Waals surface area (Å²) in [7, 11) is -3.09. The lowest BCUT2D eigenvalue weighted by Crippen LogP contribution is -2.36. The number of hydrogen-bond acceptors (Lipinski definition) is 3. The average molecular weight is 290 g/mol. The Morgan fingerprint density at radius 1 is 1.21 bits per heavy atom. The highest BCUT2D eigenvalue weighted by molar-refractivity contribution is 7.89. The van der Waals surface area contributed by atoms with Gasteiger partial charge in [-0.2, -0.15) is 0 Å². The molecule has 0 radical (unpaired) electrons. The van der Waals surface area contributed by atoms with Crippen LogP contribution in [0.5, 0.6) is 0 Å². The molecule has 0 aromatic heterocycles. The molecule has 5 heteroatoms. The quantitative estimate of drug-likeness (QED) is 0.574. The molecule has 0 aromatic carbocycles. The van der Waals surface area contributed by atoms with Crippen LogP contribution in [0.15, 0.2) is 0 Å². The summed E-state index contributed by atoms with van der Waals surface area (Å²) >= 11 is 0. The van der Waals surface area contributed by atoms with E-state index in [0.717, 1.165) is 38.1 Å². The van der Waals surface area contributed by atoms with Crippen LogP contribution in [0.4, 0.5) is 0 Å². The molecule has 0 spiro atoms. The van der Waals surface area contributed by atoms with E-state index in [1.807, 2.05) is 0 Å². The molecule has 114 valence electrons. The van der Waals surface area contributed by atoms with Gasteiger partial charge in [0.15, 0.2) is 0 Å². The minimum Gasteiger partial charge on any atom is -0.315 e. The molecule has 0 saturated heterocycles. The normalized spacial score (nSPS) is 17.9. The van der Waals surface area contributed by atoms with Crippen LogP contribution in [0.2, 0.25) is 0 Å². The van der Waals surface area contributed by atoms with Crippen molar-refractivity contribution in [2.45, 2.75) is 71.4 Å². The number of unbranched alkanes of at least 4 members (excludes halogenated alkanes) is 1. The van der Waals surface area contributed by atoms with Gasteiger partial charge in [0, 0.05) is 12.1 Å². The third kappa shape index (κ3) is 8.60. The van der Waals surface area contributed by atoms with E-state index in [1.165, 1.54) is 12.8 Å². The van der Waals surface area contributed by atoms with E-state index < -0.39 is 10.0 Å². The molecule has 1 saturated carbocycles. The summed E-state index contributed by atoms with van der Waals surface area (Å²) in [5.74, 6) is 1.02. The van der Waals surface area contributed by atoms with Gasteiger partial charge in [0.25, 0.3) is 0 Å². The van der Waals surface area contributed by atoms with E-state index in [0.29, 0.717) is 6.04 Å². The first-order valence-corrected chi connectivity index (χ1v) is 9.31. The summed E-state index contributed by atoms with van der Waals surface area (Å²) in [6, 6.07) is 0.615. The molecule has 0 aromatic rings. The minimum absolute atomic E-state index is 0.145. The van der Waals surface area contributed by atoms with Crippen LogP contribution in [0.1, 0.15) is 59.3 Å². The molecule has 1 atom stereocenters. The van der Waals surface area contributed by atoms with E-state index in [2.05, 4.69) is 30.8 Å². The predicted molar refractivity (Wildman–Crippen MR) is 80.7 cm³/mol. The topological polar surface area (TPSA) is 58.2 Å². The lowest BCUT2D eigenvalue weighted by molar-refractivity contribution is 0.493. The molecule has 1 aliphatic carbocycles. The standard InChI is InChI=1S/C14H30N2O2S/c1-4-14(11-13-7-8-13)16-19(17,18)10-6-5-9-15-12(2)3/h12-16H,4-11H2,1-3H3. The Hall–Kier alpha value is -0.130. The van der Waals surface area contributed by atoms with Crippen LogP contribution >= 0.6 is 0 Å². The molecule has 1 unspecified atom stereocenters. The predicted octanol–water partition coefficient (Wildman–Crippen LogP) is 2.26. The van der Waals surface area contributed by atoms with Crippen molar-refractivity contribution in [2.24, 2.45) is 5.92 Å². The second-order valence-electron chi connectivity index (χ2n) is 6.04. The molecule has 1 fully saturated rings. The van der Waals surface area contributed by atoms with Crippen molar-refractivity contribution in [1.82, 2.24) is 10.0 Å². The Labute approximate surface area is 118 Å². The summed E-state index contributed by atoms with van der Waals surface area (Å²) in [6.07, 6.45) is 6.11. The summed E-state index contributed by atoms with van der Waals surface area (Å²) in [5, 5.41) is 3.30. The van der Waals surface area contributed by atoms with E-state index >= 15 is 0 Å². The van der Waals surface area contributed by atoms with Crippen molar-refractivity contribution in [2.75, 3.05) is 12.3 Å². The first-order chi connectivity index (χ1) is 8.93. The zero-order valence-corrected chi connectivity index (χ0v) is 13.4. The number of sulfonamides is 1. The van der Waals surface area contributed by atoms with Crippen LogP contribution < -0.4 is 10.0 Å². The molecule has 0 heterocycles. The van der Waals surface area contributed by atoms with Crippen LogP contribution in [0.25, 0.3) is 0 Å². The molecular formula is C14H30N2O2S. The number of hydrogen-bond donors (Lipinski definition) is 2. The third-order valence-electron chi connectivity index (χ3n) is 3.55. The highest BCUT2D eigenvalue weighted by Gasteiger charge is 2.26. The molecule has 19 heavy (non-hydrogen) atoms. The maximum atomic E-state index is 12.0. The second-order valence-corrected chi connectivity index (χ2v) is 7.91. The van der Waals surface area contributed by atoms with E-state index in [1.54, 1.807) is 0 Å². The zero-order chi connectivity index (χ0) is 14.3. The monoisotopic (exact) mass is 290 g/mol. The molecule has 2 N–H and O–H groups in total. The molecule has 0 bridgehead atoms. The number of rotatable bonds is 11. The Morgan fingerprint density at radius 3 is 2.42 bits per heavy atom. The maximum absolute atomic E-state index is 12.0. The van der Waals surface area contributed by atoms with Crippen molar-refractivity contribution in [3.8, 4) is 0 Å². The van der Waals surface area contributed by atoms with E-state index in [4.69, 9.17) is 0 Å². The Morgan fingerprint density at radius 2 is 1.89 bits per heavy atom. The maximum Gasteiger partial charge on any atom is 0.211 e. The van der Waals surface area contributed by atoms with Gasteiger partial charge in [0.05, 0.1) is 5.75 Å². The van der Waals surface area contributed by atoms with Crippen LogP contribution in [-0.4, -0.2) is 32.8 Å². The van der Waals surface area contributed by atoms with Gasteiger partial charge in [-0.3, -0.25) is 0 Å². The van der Waals surface area contributed by atoms with Gasteiger partial charge >= 0.3 is 0 Å². The zero-order valence-electron chi connectivity index (χ0n) is 12.6. The van der Waals surface area contributed by atoms with Gasteiger partial charge in [-0.25, -0.2) is 13.1 Å². The van der Waals surface area contributed by atoms with Crippen molar-refractivity contribution in [3.63, 3.8) is 0 Å². The van der Waals surface area contributed by atoms with Gasteiger partial charge in [-0.05, 0) is 38.1 Å². The largest absolute Gasteiger partial charge is 0.315 e. The summed E-state index contributed by atoms with van der Waals surface area (Å²) in [5.41, 5.74) is 0. The highest BCUT2D eigenvalue weighted by atomic mass is 32.2. The summed E-state index contributed by atoms with van der Waals surface area (Å²) in [6.45, 7) is 7.15. The number of nitrogens with one attached hydrogen (secondary N) is 2. The fourth-order valence-corrected chi connectivity index (χ4v) is 3.65. The van der Waals surface area contributed by atoms with Crippen molar-refractivity contribution in [1.29, 1.82) is 0 Å². The highest BCUT2D eigenvalue weighted by Crippen LogP contribution is 2.34. The van der Waals surface area contributed by atoms with Crippen molar-refractivity contribution >= 4 is 10.0 Å². The molecule has 4 nitrogen and oxygen atoms in total. The first-order valence-electron chi connectivity index (χ1n) is 7.66. The molecule has 0 amide bonds. The molecule has 1 aliphatic rings. The Balaban J connectivity index is 2.18. The lowest BCUT2D eigenvalue weighted by Gasteiger charge is -2.16. The average Bonchev–Trinajstić information content (AvgIpc) is 3.10. The summed E-state index contributed by atoms with van der Waals surface area (Å²) < 4.78 is 26.8. The Kier molecular flexibility index (Phi) is 7.32. The van der Waals surface area contributed by atoms with Gasteiger partial charge < -0.3 is 5.32 Å². The molecule has 1 rings (SSSR count). The Bertz CT molecular complexity index is 337. The first kappa shape index (κ1) is 16.9. The van der Waals surface area contributed by atoms with Gasteiger partial charge in [0.1, 0.15) is 0 Å². The fraction of sp³-hybridized carbons (Fsp3) is 1.00. The van der Waals surface area contributed by atoms with E-state index in [-0.39, 0.29) is 11.8 Å². The van der Waals surface area contributed by atoms with Gasteiger partial charge in [-0.15, -0.1) is 0 Å². The third-order valence-corrected chi connectivity index (χ3v) is 5.06. The molecule has 0 aliphatic heterocycles. The van der Waals surface area contributed by atoms with E-state index in [9.17, 15) is 8.42 Å². The lowest BCUT2D eigenvalue weighted by atomic mass is 10.1. The minimum atomic E-state index is -3.09. The SMILES string of the molecule is CCC(CC1CC1)NS(=O)(=O)CCCCNC(C)C. The second kappa shape index (κ2) is 8.22. The van der Waals surface area contributed by atoms with Crippen LogP contribution in [-0.2, 0) is 10.0 Å². The van der Waals surface area contributed by atoms with Crippen molar-refractivity contribution < 1.29 is 8.42 Å². The van der Waals surface area contributed by atoms with Gasteiger partial charge in [-0.1, -0.05) is 33.6 Å². The van der Waals surface area contributed by atoms with Crippen LogP contribution in [0, 0.1) is 5.92 Å². The van der Waals surface area contributed by atoms with Crippen molar-refractivity contribution in [3.05, 3.63) is 0 Å².